The zero-order valence-corrected chi connectivity index (χ0v) is 13.2. The van der Waals surface area contributed by atoms with Gasteiger partial charge in [0, 0.05) is 27.8 Å². The first-order chi connectivity index (χ1) is 8.56. The molecule has 94 valence electrons. The maximum absolute atomic E-state index is 10.2. The van der Waals surface area contributed by atoms with E-state index in [1.165, 1.54) is 0 Å². The van der Waals surface area contributed by atoms with Crippen molar-refractivity contribution in [3.8, 4) is 0 Å². The standard InChI is InChI=1S/C13H10Br2ClNO/c14-10-3-8(6-17-7-10)4-13(18)9-1-2-11(15)12(16)5-9/h1-3,5-7,13,18H,4H2. The highest BCUT2D eigenvalue weighted by Crippen LogP contribution is 2.27. The first kappa shape index (κ1) is 14.0. The zero-order valence-electron chi connectivity index (χ0n) is 9.28. The lowest BCUT2D eigenvalue weighted by molar-refractivity contribution is 0.178. The van der Waals surface area contributed by atoms with E-state index in [2.05, 4.69) is 36.8 Å². The summed E-state index contributed by atoms with van der Waals surface area (Å²) >= 11 is 12.7. The maximum Gasteiger partial charge on any atom is 0.0831 e. The van der Waals surface area contributed by atoms with E-state index in [-0.39, 0.29) is 0 Å². The third-order valence-electron chi connectivity index (χ3n) is 2.52. The van der Waals surface area contributed by atoms with Crippen LogP contribution in [0.1, 0.15) is 17.2 Å². The number of aromatic nitrogens is 1. The van der Waals surface area contributed by atoms with Crippen molar-refractivity contribution in [2.45, 2.75) is 12.5 Å². The fourth-order valence-electron chi connectivity index (χ4n) is 1.63. The Morgan fingerprint density at radius 2 is 2.00 bits per heavy atom. The topological polar surface area (TPSA) is 33.1 Å². The summed E-state index contributed by atoms with van der Waals surface area (Å²) in [4.78, 5) is 4.07. The molecule has 18 heavy (non-hydrogen) atoms. The van der Waals surface area contributed by atoms with Crippen LogP contribution in [-0.4, -0.2) is 10.1 Å². The molecule has 1 atom stereocenters. The quantitative estimate of drug-likeness (QED) is 0.834. The molecule has 0 aliphatic carbocycles. The third-order valence-corrected chi connectivity index (χ3v) is 4.19. The SMILES string of the molecule is OC(Cc1cncc(Br)c1)c1ccc(Br)c(Cl)c1. The Kier molecular flexibility index (Phi) is 4.78. The molecular formula is C13H10Br2ClNO. The smallest absolute Gasteiger partial charge is 0.0831 e. The molecule has 0 aliphatic heterocycles. The second-order valence-electron chi connectivity index (χ2n) is 3.90. The van der Waals surface area contributed by atoms with Gasteiger partial charge in [-0.3, -0.25) is 4.98 Å². The predicted molar refractivity (Wildman–Crippen MR) is 79.8 cm³/mol. The van der Waals surface area contributed by atoms with Crippen molar-refractivity contribution in [3.05, 3.63) is 61.8 Å². The lowest BCUT2D eigenvalue weighted by Crippen LogP contribution is -2.02. The molecule has 5 heteroatoms. The van der Waals surface area contributed by atoms with Crippen LogP contribution in [0.3, 0.4) is 0 Å². The molecule has 0 saturated carbocycles. The molecule has 2 aromatic rings. The minimum Gasteiger partial charge on any atom is -0.388 e. The fourth-order valence-corrected chi connectivity index (χ4v) is 2.48. The van der Waals surface area contributed by atoms with Crippen LogP contribution in [0, 0.1) is 0 Å². The van der Waals surface area contributed by atoms with Gasteiger partial charge in [0.15, 0.2) is 0 Å². The van der Waals surface area contributed by atoms with Gasteiger partial charge in [0.25, 0.3) is 0 Å². The lowest BCUT2D eigenvalue weighted by atomic mass is 10.0. The number of benzene rings is 1. The minimum atomic E-state index is -0.591. The van der Waals surface area contributed by atoms with E-state index in [1.54, 1.807) is 18.5 Å². The summed E-state index contributed by atoms with van der Waals surface area (Å²) in [7, 11) is 0. The van der Waals surface area contributed by atoms with Gasteiger partial charge in [0.2, 0.25) is 0 Å². The van der Waals surface area contributed by atoms with Crippen LogP contribution in [-0.2, 0) is 6.42 Å². The molecule has 0 spiro atoms. The van der Waals surface area contributed by atoms with Crippen LogP contribution < -0.4 is 0 Å². The van der Waals surface area contributed by atoms with Crippen LogP contribution in [0.2, 0.25) is 5.02 Å². The van der Waals surface area contributed by atoms with E-state index >= 15 is 0 Å². The molecular weight excluding hydrogens is 381 g/mol. The molecule has 2 rings (SSSR count). The Morgan fingerprint density at radius 1 is 1.22 bits per heavy atom. The molecule has 1 heterocycles. The highest BCUT2D eigenvalue weighted by atomic mass is 79.9. The zero-order chi connectivity index (χ0) is 13.1. The molecule has 1 aromatic heterocycles. The summed E-state index contributed by atoms with van der Waals surface area (Å²) in [6.07, 6.45) is 3.37. The van der Waals surface area contributed by atoms with E-state index in [0.717, 1.165) is 20.1 Å². The van der Waals surface area contributed by atoms with E-state index in [9.17, 15) is 5.11 Å². The fraction of sp³-hybridized carbons (Fsp3) is 0.154. The second-order valence-corrected chi connectivity index (χ2v) is 6.08. The van der Waals surface area contributed by atoms with Crippen LogP contribution in [0.5, 0.6) is 0 Å². The number of aliphatic hydroxyl groups excluding tert-OH is 1. The molecule has 0 aliphatic rings. The summed E-state index contributed by atoms with van der Waals surface area (Å²) in [5.41, 5.74) is 1.76. The van der Waals surface area contributed by atoms with Gasteiger partial charge in [-0.05, 0) is 61.2 Å². The highest BCUT2D eigenvalue weighted by molar-refractivity contribution is 9.10. The van der Waals surface area contributed by atoms with Gasteiger partial charge in [0.1, 0.15) is 0 Å². The van der Waals surface area contributed by atoms with Crippen molar-refractivity contribution >= 4 is 43.5 Å². The van der Waals surface area contributed by atoms with Crippen LogP contribution in [0.4, 0.5) is 0 Å². The molecule has 0 amide bonds. The molecule has 0 fully saturated rings. The van der Waals surface area contributed by atoms with Crippen molar-refractivity contribution in [1.29, 1.82) is 0 Å². The van der Waals surface area contributed by atoms with E-state index in [4.69, 9.17) is 11.6 Å². The summed E-state index contributed by atoms with van der Waals surface area (Å²) < 4.78 is 1.73. The number of hydrogen-bond donors (Lipinski definition) is 1. The average Bonchev–Trinajstić information content (AvgIpc) is 2.32. The van der Waals surface area contributed by atoms with Gasteiger partial charge in [-0.15, -0.1) is 0 Å². The normalized spacial score (nSPS) is 12.4. The highest BCUT2D eigenvalue weighted by Gasteiger charge is 2.10. The molecule has 0 saturated heterocycles. The number of hydrogen-bond acceptors (Lipinski definition) is 2. The van der Waals surface area contributed by atoms with Crippen LogP contribution in [0.25, 0.3) is 0 Å². The number of pyridine rings is 1. The van der Waals surface area contributed by atoms with Gasteiger partial charge in [-0.2, -0.15) is 0 Å². The molecule has 0 radical (unpaired) electrons. The summed E-state index contributed by atoms with van der Waals surface area (Å²) in [6.45, 7) is 0. The van der Waals surface area contributed by atoms with Gasteiger partial charge in [0.05, 0.1) is 11.1 Å². The Hall–Kier alpha value is -0.420. The van der Waals surface area contributed by atoms with Gasteiger partial charge in [-0.1, -0.05) is 17.7 Å². The van der Waals surface area contributed by atoms with Gasteiger partial charge < -0.3 is 5.11 Å². The Balaban J connectivity index is 2.16. The van der Waals surface area contributed by atoms with Crippen molar-refractivity contribution in [2.75, 3.05) is 0 Å². The van der Waals surface area contributed by atoms with Gasteiger partial charge >= 0.3 is 0 Å². The molecule has 2 nitrogen and oxygen atoms in total. The first-order valence-corrected chi connectivity index (χ1v) is 7.25. The van der Waals surface area contributed by atoms with Crippen LogP contribution in [0.15, 0.2) is 45.6 Å². The largest absolute Gasteiger partial charge is 0.388 e. The molecule has 1 aromatic carbocycles. The number of halogens is 3. The Labute approximate surface area is 127 Å². The summed E-state index contributed by atoms with van der Waals surface area (Å²) in [6, 6.07) is 7.39. The second kappa shape index (κ2) is 6.15. The van der Waals surface area contributed by atoms with Crippen LogP contribution >= 0.6 is 43.5 Å². The van der Waals surface area contributed by atoms with Crippen molar-refractivity contribution < 1.29 is 5.11 Å². The Morgan fingerprint density at radius 3 is 2.67 bits per heavy atom. The van der Waals surface area contributed by atoms with E-state index in [1.807, 2.05) is 18.2 Å². The molecule has 1 unspecified atom stereocenters. The Bertz CT molecular complexity index is 562. The van der Waals surface area contributed by atoms with E-state index < -0.39 is 6.10 Å². The number of aliphatic hydroxyl groups is 1. The summed E-state index contributed by atoms with van der Waals surface area (Å²) in [5.74, 6) is 0. The van der Waals surface area contributed by atoms with Crippen molar-refractivity contribution in [2.24, 2.45) is 0 Å². The monoisotopic (exact) mass is 389 g/mol. The molecule has 0 bridgehead atoms. The van der Waals surface area contributed by atoms with E-state index in [0.29, 0.717) is 11.4 Å². The number of nitrogens with zero attached hydrogens (tertiary/aromatic N) is 1. The van der Waals surface area contributed by atoms with Crippen molar-refractivity contribution in [3.63, 3.8) is 0 Å². The minimum absolute atomic E-state index is 0.504. The first-order valence-electron chi connectivity index (χ1n) is 5.28. The van der Waals surface area contributed by atoms with Gasteiger partial charge in [-0.25, -0.2) is 0 Å². The number of rotatable bonds is 3. The predicted octanol–water partition coefficient (Wildman–Crippen LogP) is 4.54. The molecule has 1 N–H and O–H groups in total. The van der Waals surface area contributed by atoms with Crippen molar-refractivity contribution in [1.82, 2.24) is 4.98 Å². The third kappa shape index (κ3) is 3.54. The lowest BCUT2D eigenvalue weighted by Gasteiger charge is -2.12. The maximum atomic E-state index is 10.2. The average molecular weight is 391 g/mol. The summed E-state index contributed by atoms with van der Waals surface area (Å²) in [5, 5.41) is 10.8.